The normalized spacial score (nSPS) is 17.2. The van der Waals surface area contributed by atoms with Crippen LogP contribution in [0.3, 0.4) is 0 Å². The molecule has 0 aromatic carbocycles. The van der Waals surface area contributed by atoms with Gasteiger partial charge in [0.1, 0.15) is 5.69 Å². The van der Waals surface area contributed by atoms with E-state index in [0.717, 1.165) is 0 Å². The van der Waals surface area contributed by atoms with Crippen LogP contribution >= 0.6 is 0 Å². The van der Waals surface area contributed by atoms with Gasteiger partial charge in [-0.15, -0.1) is 0 Å². The van der Waals surface area contributed by atoms with Crippen LogP contribution in [-0.4, -0.2) is 46.5 Å². The lowest BCUT2D eigenvalue weighted by molar-refractivity contribution is -0.121. The molecule has 6 heteroatoms. The molecule has 2 rings (SSSR count). The van der Waals surface area contributed by atoms with Crippen LogP contribution in [0.5, 0.6) is 0 Å². The molecule has 2 amide bonds. The van der Waals surface area contributed by atoms with Gasteiger partial charge in [0.05, 0.1) is 18.1 Å². The first kappa shape index (κ1) is 15.0. The minimum absolute atomic E-state index is 0.0248. The van der Waals surface area contributed by atoms with E-state index in [9.17, 15) is 9.59 Å². The fraction of sp³-hybridized carbons (Fsp3) is 0.400. The van der Waals surface area contributed by atoms with Crippen molar-refractivity contribution in [2.45, 2.75) is 12.8 Å². The van der Waals surface area contributed by atoms with Gasteiger partial charge in [-0.05, 0) is 18.6 Å². The number of aliphatic hydroxyl groups is 1. The summed E-state index contributed by atoms with van der Waals surface area (Å²) in [5.74, 6) is 4.71. The number of hydrogen-bond donors (Lipinski definition) is 2. The molecule has 0 radical (unpaired) electrons. The van der Waals surface area contributed by atoms with Crippen LogP contribution in [0.25, 0.3) is 0 Å². The Morgan fingerprint density at radius 3 is 3.00 bits per heavy atom. The number of nitrogens with zero attached hydrogens (tertiary/aromatic N) is 2. The van der Waals surface area contributed by atoms with Crippen LogP contribution in [0, 0.1) is 17.8 Å². The second-order valence-corrected chi connectivity index (χ2v) is 4.81. The van der Waals surface area contributed by atoms with Crippen LogP contribution < -0.4 is 5.73 Å². The molecule has 2 heterocycles. The summed E-state index contributed by atoms with van der Waals surface area (Å²) in [5.41, 5.74) is 6.07. The Hall–Kier alpha value is -2.39. The smallest absolute Gasteiger partial charge is 0.273 e. The number of nitrogens with two attached hydrogens (primary N) is 1. The van der Waals surface area contributed by atoms with Crippen molar-refractivity contribution in [3.63, 3.8) is 0 Å². The predicted molar refractivity (Wildman–Crippen MR) is 76.0 cm³/mol. The summed E-state index contributed by atoms with van der Waals surface area (Å²) >= 11 is 0. The zero-order valence-electron chi connectivity index (χ0n) is 11.6. The maximum Gasteiger partial charge on any atom is 0.273 e. The van der Waals surface area contributed by atoms with Gasteiger partial charge in [0.2, 0.25) is 5.91 Å². The van der Waals surface area contributed by atoms with Crippen molar-refractivity contribution in [2.24, 2.45) is 11.7 Å². The fourth-order valence-corrected chi connectivity index (χ4v) is 2.22. The molecule has 1 saturated heterocycles. The number of hydrogen-bond acceptors (Lipinski definition) is 4. The number of likely N-dealkylation sites (tertiary alicyclic amines) is 1. The van der Waals surface area contributed by atoms with Crippen LogP contribution in [0.15, 0.2) is 18.3 Å². The largest absolute Gasteiger partial charge is 0.395 e. The van der Waals surface area contributed by atoms with Crippen LogP contribution in [0.2, 0.25) is 0 Å². The standard InChI is InChI=1S/C15H17N3O3/c16-14(20)12-6-8-18(10-12)15(21)13-11(4-1-2-9-19)5-3-7-17-13/h3,5,7,12,19H,2,6,8-10H2,(H2,16,20). The van der Waals surface area contributed by atoms with Gasteiger partial charge in [0, 0.05) is 25.7 Å². The molecule has 3 N–H and O–H groups in total. The van der Waals surface area contributed by atoms with Gasteiger partial charge < -0.3 is 15.7 Å². The summed E-state index contributed by atoms with van der Waals surface area (Å²) in [5, 5.41) is 8.74. The number of primary amides is 1. The highest BCUT2D eigenvalue weighted by Crippen LogP contribution is 2.18. The number of carbonyl (C=O) groups excluding carboxylic acids is 2. The zero-order chi connectivity index (χ0) is 15.2. The molecule has 1 aliphatic rings. The minimum Gasteiger partial charge on any atom is -0.395 e. The maximum atomic E-state index is 12.5. The molecule has 1 unspecified atom stereocenters. The molecular weight excluding hydrogens is 270 g/mol. The maximum absolute atomic E-state index is 12.5. The Kier molecular flexibility index (Phi) is 4.90. The Morgan fingerprint density at radius 2 is 2.33 bits per heavy atom. The lowest BCUT2D eigenvalue weighted by Crippen LogP contribution is -2.32. The van der Waals surface area contributed by atoms with Gasteiger partial charge >= 0.3 is 0 Å². The molecule has 110 valence electrons. The third-order valence-corrected chi connectivity index (χ3v) is 3.35. The van der Waals surface area contributed by atoms with Crippen LogP contribution in [0.4, 0.5) is 0 Å². The summed E-state index contributed by atoms with van der Waals surface area (Å²) in [6.45, 7) is 0.795. The highest BCUT2D eigenvalue weighted by molar-refractivity contribution is 5.95. The van der Waals surface area contributed by atoms with Crippen LogP contribution in [-0.2, 0) is 4.79 Å². The molecule has 1 aliphatic heterocycles. The fourth-order valence-electron chi connectivity index (χ4n) is 2.22. The van der Waals surface area contributed by atoms with Crippen molar-refractivity contribution >= 4 is 11.8 Å². The average molecular weight is 287 g/mol. The number of aliphatic hydroxyl groups excluding tert-OH is 1. The average Bonchev–Trinajstić information content (AvgIpc) is 2.97. The van der Waals surface area contributed by atoms with Crippen LogP contribution in [0.1, 0.15) is 28.9 Å². The van der Waals surface area contributed by atoms with E-state index in [1.165, 1.54) is 6.20 Å². The molecule has 0 bridgehead atoms. The molecule has 1 aromatic rings. The van der Waals surface area contributed by atoms with E-state index in [0.29, 0.717) is 31.5 Å². The third kappa shape index (κ3) is 3.58. The first-order chi connectivity index (χ1) is 10.1. The SMILES string of the molecule is NC(=O)C1CCN(C(=O)c2ncccc2C#CCCO)C1. The molecule has 1 aromatic heterocycles. The van der Waals surface area contributed by atoms with Gasteiger partial charge in [0.25, 0.3) is 5.91 Å². The number of pyridine rings is 1. The lowest BCUT2D eigenvalue weighted by Gasteiger charge is -2.16. The quantitative estimate of drug-likeness (QED) is 0.750. The highest BCUT2D eigenvalue weighted by Gasteiger charge is 2.31. The van der Waals surface area contributed by atoms with Crippen molar-refractivity contribution in [2.75, 3.05) is 19.7 Å². The molecule has 0 spiro atoms. The van der Waals surface area contributed by atoms with E-state index in [2.05, 4.69) is 16.8 Å². The van der Waals surface area contributed by atoms with Gasteiger partial charge in [-0.1, -0.05) is 11.8 Å². The molecule has 0 aliphatic carbocycles. The lowest BCUT2D eigenvalue weighted by atomic mass is 10.1. The first-order valence-corrected chi connectivity index (χ1v) is 6.77. The van der Waals surface area contributed by atoms with E-state index >= 15 is 0 Å². The molecule has 6 nitrogen and oxygen atoms in total. The summed E-state index contributed by atoms with van der Waals surface area (Å²) in [6, 6.07) is 3.42. The Morgan fingerprint density at radius 1 is 1.52 bits per heavy atom. The number of rotatable bonds is 3. The summed E-state index contributed by atoms with van der Waals surface area (Å²) in [4.78, 5) is 29.3. The predicted octanol–water partition coefficient (Wildman–Crippen LogP) is -0.237. The van der Waals surface area contributed by atoms with E-state index < -0.39 is 0 Å². The van der Waals surface area contributed by atoms with Crippen molar-refractivity contribution in [3.8, 4) is 11.8 Å². The van der Waals surface area contributed by atoms with E-state index in [-0.39, 0.29) is 30.0 Å². The van der Waals surface area contributed by atoms with Gasteiger partial charge in [-0.3, -0.25) is 9.59 Å². The molecular formula is C15H17N3O3. The van der Waals surface area contributed by atoms with Crippen molar-refractivity contribution in [1.82, 2.24) is 9.88 Å². The number of carbonyl (C=O) groups is 2. The van der Waals surface area contributed by atoms with E-state index in [1.807, 2.05) is 0 Å². The summed E-state index contributed by atoms with van der Waals surface area (Å²) in [6.07, 6.45) is 2.46. The van der Waals surface area contributed by atoms with Crippen molar-refractivity contribution in [1.29, 1.82) is 0 Å². The Bertz CT molecular complexity index is 604. The zero-order valence-corrected chi connectivity index (χ0v) is 11.6. The Labute approximate surface area is 123 Å². The van der Waals surface area contributed by atoms with Gasteiger partial charge in [0.15, 0.2) is 0 Å². The topological polar surface area (TPSA) is 96.5 Å². The van der Waals surface area contributed by atoms with E-state index in [1.54, 1.807) is 17.0 Å². The first-order valence-electron chi connectivity index (χ1n) is 6.77. The molecule has 21 heavy (non-hydrogen) atoms. The summed E-state index contributed by atoms with van der Waals surface area (Å²) in [7, 11) is 0. The summed E-state index contributed by atoms with van der Waals surface area (Å²) < 4.78 is 0. The second kappa shape index (κ2) is 6.86. The third-order valence-electron chi connectivity index (χ3n) is 3.35. The van der Waals surface area contributed by atoms with E-state index in [4.69, 9.17) is 10.8 Å². The van der Waals surface area contributed by atoms with Gasteiger partial charge in [-0.25, -0.2) is 4.98 Å². The number of amides is 2. The number of aromatic nitrogens is 1. The monoisotopic (exact) mass is 287 g/mol. The minimum atomic E-state index is -0.380. The van der Waals surface area contributed by atoms with Crippen molar-refractivity contribution in [3.05, 3.63) is 29.6 Å². The molecule has 1 atom stereocenters. The van der Waals surface area contributed by atoms with Gasteiger partial charge in [-0.2, -0.15) is 0 Å². The molecule has 1 fully saturated rings. The van der Waals surface area contributed by atoms with Crippen molar-refractivity contribution < 1.29 is 14.7 Å². The highest BCUT2D eigenvalue weighted by atomic mass is 16.2. The Balaban J connectivity index is 2.17. The second-order valence-electron chi connectivity index (χ2n) is 4.81. The molecule has 0 saturated carbocycles.